The molecule has 0 radical (unpaired) electrons. The van der Waals surface area contributed by atoms with Crippen LogP contribution in [0.15, 0.2) is 82.6 Å². The van der Waals surface area contributed by atoms with Gasteiger partial charge in [0.1, 0.15) is 17.6 Å². The Labute approximate surface area is 245 Å². The second-order valence-corrected chi connectivity index (χ2v) is 12.3. The molecule has 1 fully saturated rings. The molecule has 1 N–H and O–H groups in total. The number of nitrogens with one attached hydrogen (secondary N) is 1. The summed E-state index contributed by atoms with van der Waals surface area (Å²) in [7, 11) is 0. The zero-order valence-electron chi connectivity index (χ0n) is 20.3. The molecular formula is C28H18Cl2FN3O4S2. The van der Waals surface area contributed by atoms with Gasteiger partial charge in [-0.2, -0.15) is 0 Å². The zero-order valence-corrected chi connectivity index (χ0v) is 23.5. The van der Waals surface area contributed by atoms with Gasteiger partial charge in [-0.15, -0.1) is 0 Å². The predicted octanol–water partition coefficient (Wildman–Crippen LogP) is 5.79. The highest BCUT2D eigenvalue weighted by molar-refractivity contribution is 8.00. The van der Waals surface area contributed by atoms with Crippen molar-refractivity contribution in [2.75, 3.05) is 10.2 Å². The van der Waals surface area contributed by atoms with Crippen LogP contribution in [0.2, 0.25) is 10.0 Å². The van der Waals surface area contributed by atoms with Crippen molar-refractivity contribution in [1.82, 2.24) is 4.57 Å². The van der Waals surface area contributed by atoms with Crippen LogP contribution in [-0.4, -0.2) is 27.5 Å². The number of hydrogen-bond donors (Lipinski definition) is 1. The Morgan fingerprint density at radius 3 is 2.15 bits per heavy atom. The molecule has 0 saturated carbocycles. The number of halogens is 3. The quantitative estimate of drug-likeness (QED) is 0.288. The Morgan fingerprint density at radius 2 is 1.50 bits per heavy atom. The molecule has 0 aliphatic carbocycles. The molecule has 0 spiro atoms. The average Bonchev–Trinajstić information content (AvgIpc) is 3.37. The van der Waals surface area contributed by atoms with E-state index in [1.807, 2.05) is 0 Å². The van der Waals surface area contributed by atoms with Crippen LogP contribution in [0, 0.1) is 11.7 Å². The van der Waals surface area contributed by atoms with Gasteiger partial charge in [0, 0.05) is 26.5 Å². The topological polar surface area (TPSA) is 88.5 Å². The van der Waals surface area contributed by atoms with Gasteiger partial charge in [0.25, 0.3) is 0 Å². The summed E-state index contributed by atoms with van der Waals surface area (Å²) in [5.41, 5.74) is 1.49. The monoisotopic (exact) mass is 613 g/mol. The molecule has 4 aromatic rings. The maximum Gasteiger partial charge on any atom is 0.308 e. The van der Waals surface area contributed by atoms with Crippen molar-refractivity contribution < 1.29 is 18.8 Å². The first-order valence-corrected chi connectivity index (χ1v) is 14.5. The summed E-state index contributed by atoms with van der Waals surface area (Å²) in [5, 5.41) is 3.30. The maximum atomic E-state index is 13.8. The number of carbonyl (C=O) groups is 3. The number of anilines is 2. The smallest absolute Gasteiger partial charge is 0.308 e. The van der Waals surface area contributed by atoms with Crippen LogP contribution >= 0.6 is 46.3 Å². The van der Waals surface area contributed by atoms with Crippen LogP contribution in [0.1, 0.15) is 16.4 Å². The number of nitrogens with zero attached hydrogens (tertiary/aromatic N) is 2. The standard InChI is InChI=1S/C28H18Cl2FN3O4S2/c29-15-3-9-18(10-4-15)32-20(35)13-33-27-24(40-28(33)38)21(14-1-7-17(31)8-2-14)22-23(39-27)26(37)34(25(22)36)19-11-5-16(30)6-12-19/h1-12,21-23H,13H2,(H,32,35)/t21-,22+,23-/m0/s1. The molecule has 3 amide bonds. The molecule has 6 rings (SSSR count). The number of imide groups is 1. The second kappa shape index (κ2) is 10.5. The molecule has 3 aromatic carbocycles. The highest BCUT2D eigenvalue weighted by Gasteiger charge is 2.56. The molecule has 40 heavy (non-hydrogen) atoms. The minimum absolute atomic E-state index is 0.295. The van der Waals surface area contributed by atoms with Gasteiger partial charge in [-0.25, -0.2) is 9.29 Å². The summed E-state index contributed by atoms with van der Waals surface area (Å²) in [6.07, 6.45) is 0. The average molecular weight is 615 g/mol. The molecule has 7 nitrogen and oxygen atoms in total. The van der Waals surface area contributed by atoms with E-state index in [1.165, 1.54) is 16.7 Å². The third-order valence-corrected chi connectivity index (χ3v) is 9.90. The van der Waals surface area contributed by atoms with E-state index in [2.05, 4.69) is 5.32 Å². The lowest BCUT2D eigenvalue weighted by Crippen LogP contribution is -2.33. The van der Waals surface area contributed by atoms with E-state index in [-0.39, 0.29) is 6.54 Å². The summed E-state index contributed by atoms with van der Waals surface area (Å²) >= 11 is 14.0. The van der Waals surface area contributed by atoms with Gasteiger partial charge in [-0.1, -0.05) is 58.4 Å². The van der Waals surface area contributed by atoms with E-state index in [1.54, 1.807) is 60.7 Å². The van der Waals surface area contributed by atoms with Gasteiger partial charge < -0.3 is 5.32 Å². The molecule has 2 aliphatic rings. The number of amides is 3. The first kappa shape index (κ1) is 26.8. The summed E-state index contributed by atoms with van der Waals surface area (Å²) in [4.78, 5) is 54.9. The number of benzene rings is 3. The molecule has 2 aliphatic heterocycles. The van der Waals surface area contributed by atoms with Crippen molar-refractivity contribution in [3.05, 3.63) is 109 Å². The second-order valence-electron chi connectivity index (χ2n) is 9.26. The fourth-order valence-electron chi connectivity index (χ4n) is 5.01. The normalized spacial score (nSPS) is 19.9. The molecule has 12 heteroatoms. The lowest BCUT2D eigenvalue weighted by atomic mass is 9.83. The lowest BCUT2D eigenvalue weighted by Gasteiger charge is -2.30. The van der Waals surface area contributed by atoms with E-state index in [0.717, 1.165) is 28.0 Å². The molecule has 0 unspecified atom stereocenters. The third kappa shape index (κ3) is 4.75. The molecular weight excluding hydrogens is 596 g/mol. The molecule has 1 aromatic heterocycles. The van der Waals surface area contributed by atoms with E-state index in [4.69, 9.17) is 23.2 Å². The number of thiazole rings is 1. The largest absolute Gasteiger partial charge is 0.325 e. The first-order chi connectivity index (χ1) is 19.2. The van der Waals surface area contributed by atoms with Crippen LogP contribution in [0.5, 0.6) is 0 Å². The number of aromatic nitrogens is 1. The first-order valence-electron chi connectivity index (χ1n) is 12.1. The van der Waals surface area contributed by atoms with E-state index in [9.17, 15) is 23.6 Å². The number of fused-ring (bicyclic) bond motifs is 2. The zero-order chi connectivity index (χ0) is 28.1. The van der Waals surface area contributed by atoms with Crippen LogP contribution in [0.4, 0.5) is 15.8 Å². The summed E-state index contributed by atoms with van der Waals surface area (Å²) in [6, 6.07) is 18.6. The Bertz CT molecular complexity index is 1710. The van der Waals surface area contributed by atoms with Crippen molar-refractivity contribution in [3.8, 4) is 0 Å². The van der Waals surface area contributed by atoms with E-state index in [0.29, 0.717) is 36.9 Å². The van der Waals surface area contributed by atoms with Crippen LogP contribution in [0.3, 0.4) is 0 Å². The van der Waals surface area contributed by atoms with Crippen molar-refractivity contribution in [1.29, 1.82) is 0 Å². The van der Waals surface area contributed by atoms with Gasteiger partial charge in [0.15, 0.2) is 0 Å². The molecule has 202 valence electrons. The molecule has 1 saturated heterocycles. The Kier molecular flexibility index (Phi) is 7.03. The fraction of sp³-hybridized carbons (Fsp3) is 0.143. The fourth-order valence-corrected chi connectivity index (χ4v) is 8.03. The summed E-state index contributed by atoms with van der Waals surface area (Å²) in [5.74, 6) is -3.27. The van der Waals surface area contributed by atoms with Crippen molar-refractivity contribution in [2.24, 2.45) is 5.92 Å². The molecule has 3 atom stereocenters. The van der Waals surface area contributed by atoms with Crippen molar-refractivity contribution in [2.45, 2.75) is 22.7 Å². The predicted molar refractivity (Wildman–Crippen MR) is 154 cm³/mol. The maximum absolute atomic E-state index is 13.8. The minimum atomic E-state index is -0.856. The molecule has 0 bridgehead atoms. The SMILES string of the molecule is O=C(Cn1c2c(sc1=O)[C@@H](c1ccc(F)cc1)[C@H]1C(=O)N(c3ccc(Cl)cc3)C(=O)[C@H]1S2)Nc1ccc(Cl)cc1. The minimum Gasteiger partial charge on any atom is -0.325 e. The van der Waals surface area contributed by atoms with Gasteiger partial charge in [0.2, 0.25) is 17.7 Å². The van der Waals surface area contributed by atoms with Crippen LogP contribution < -0.4 is 15.1 Å². The van der Waals surface area contributed by atoms with Crippen LogP contribution in [0.25, 0.3) is 0 Å². The Balaban J connectivity index is 1.40. The summed E-state index contributed by atoms with van der Waals surface area (Å²) in [6.45, 7) is -0.295. The van der Waals surface area contributed by atoms with Gasteiger partial charge in [-0.05, 0) is 66.2 Å². The van der Waals surface area contributed by atoms with Gasteiger partial charge in [0.05, 0.1) is 16.6 Å². The van der Waals surface area contributed by atoms with Crippen LogP contribution in [-0.2, 0) is 20.9 Å². The Hall–Kier alpha value is -3.44. The number of rotatable bonds is 5. The van der Waals surface area contributed by atoms with Crippen molar-refractivity contribution >= 4 is 75.4 Å². The van der Waals surface area contributed by atoms with Gasteiger partial charge >= 0.3 is 4.87 Å². The number of thioether (sulfide) groups is 1. The molecule has 3 heterocycles. The van der Waals surface area contributed by atoms with Gasteiger partial charge in [-0.3, -0.25) is 23.7 Å². The number of hydrogen-bond acceptors (Lipinski definition) is 6. The highest BCUT2D eigenvalue weighted by atomic mass is 35.5. The van der Waals surface area contributed by atoms with E-state index < -0.39 is 45.5 Å². The number of carbonyl (C=O) groups excluding carboxylic acids is 3. The Morgan fingerprint density at radius 1 is 0.875 bits per heavy atom. The van der Waals surface area contributed by atoms with Crippen molar-refractivity contribution in [3.63, 3.8) is 0 Å². The highest BCUT2D eigenvalue weighted by Crippen LogP contribution is 2.53. The lowest BCUT2D eigenvalue weighted by molar-refractivity contribution is -0.122. The van der Waals surface area contributed by atoms with E-state index >= 15 is 0 Å². The summed E-state index contributed by atoms with van der Waals surface area (Å²) < 4.78 is 15.2. The third-order valence-electron chi connectivity index (χ3n) is 6.79.